The molecule has 0 N–H and O–H groups in total. The highest BCUT2D eigenvalue weighted by Gasteiger charge is 2.25. The fraction of sp³-hybridized carbons (Fsp3) is 0. The summed E-state index contributed by atoms with van der Waals surface area (Å²) in [4.78, 5) is 2.50. The third-order valence-corrected chi connectivity index (χ3v) is 11.8. The van der Waals surface area contributed by atoms with Crippen LogP contribution in [-0.2, 0) is 0 Å². The van der Waals surface area contributed by atoms with E-state index in [0.717, 1.165) is 44.9 Å². The number of anilines is 3. The van der Waals surface area contributed by atoms with E-state index in [2.05, 4.69) is 252 Å². The number of fused-ring (bicyclic) bond motifs is 4. The Morgan fingerprint density at radius 2 is 0.783 bits per heavy atom. The molecule has 11 aromatic rings. The molecular weight excluding hydrogens is 725 g/mol. The van der Waals surface area contributed by atoms with Gasteiger partial charge in [0.2, 0.25) is 0 Å². The van der Waals surface area contributed by atoms with Crippen LogP contribution in [0.25, 0.3) is 82.8 Å². The number of hydrogen-bond acceptors (Lipinski definition) is 1. The summed E-state index contributed by atoms with van der Waals surface area (Å²) in [5, 5.41) is 4.84. The normalized spacial score (nSPS) is 11.3. The summed E-state index contributed by atoms with van der Waals surface area (Å²) in [5.74, 6) is 0. The Kier molecular flexibility index (Phi) is 8.87. The zero-order valence-electron chi connectivity index (χ0n) is 33.0. The van der Waals surface area contributed by atoms with E-state index in [9.17, 15) is 0 Å². The summed E-state index contributed by atoms with van der Waals surface area (Å²) in [6.45, 7) is 0. The van der Waals surface area contributed by atoms with E-state index in [-0.39, 0.29) is 0 Å². The lowest BCUT2D eigenvalue weighted by Gasteiger charge is -2.30. The van der Waals surface area contributed by atoms with Crippen LogP contribution in [0.4, 0.5) is 17.1 Å². The van der Waals surface area contributed by atoms with E-state index in [1.54, 1.807) is 0 Å². The van der Waals surface area contributed by atoms with E-state index in [0.29, 0.717) is 0 Å². The zero-order valence-corrected chi connectivity index (χ0v) is 33.0. The van der Waals surface area contributed by atoms with Gasteiger partial charge in [-0.05, 0) is 81.1 Å². The quantitative estimate of drug-likeness (QED) is 0.150. The number of aromatic nitrogens is 1. The minimum atomic E-state index is 1.11. The highest BCUT2D eigenvalue weighted by molar-refractivity contribution is 6.18. The number of nitrogens with zero attached hydrogens (tertiary/aromatic N) is 2. The first-order chi connectivity index (χ1) is 29.8. The first kappa shape index (κ1) is 35.2. The molecule has 0 spiro atoms. The maximum atomic E-state index is 2.50. The molecule has 0 amide bonds. The average molecular weight is 765 g/mol. The molecule has 0 aliphatic rings. The molecule has 282 valence electrons. The van der Waals surface area contributed by atoms with Crippen LogP contribution in [0.2, 0.25) is 0 Å². The van der Waals surface area contributed by atoms with E-state index in [1.807, 2.05) is 0 Å². The van der Waals surface area contributed by atoms with Crippen molar-refractivity contribution < 1.29 is 0 Å². The first-order valence-corrected chi connectivity index (χ1v) is 20.6. The highest BCUT2D eigenvalue weighted by atomic mass is 15.2. The summed E-state index contributed by atoms with van der Waals surface area (Å²) in [5.41, 5.74) is 16.2. The van der Waals surface area contributed by atoms with Gasteiger partial charge in [-0.1, -0.05) is 200 Å². The predicted molar refractivity (Wildman–Crippen MR) is 255 cm³/mol. The van der Waals surface area contributed by atoms with Crippen molar-refractivity contribution in [3.8, 4) is 50.2 Å². The Hall–Kier alpha value is -7.94. The molecular formula is C58H40N2. The molecule has 0 bridgehead atoms. The second-order valence-electron chi connectivity index (χ2n) is 15.3. The van der Waals surface area contributed by atoms with Crippen LogP contribution >= 0.6 is 0 Å². The van der Waals surface area contributed by atoms with Crippen LogP contribution in [0.1, 0.15) is 0 Å². The second-order valence-corrected chi connectivity index (χ2v) is 15.3. The lowest BCUT2D eigenvalue weighted by molar-refractivity contribution is 1.18. The summed E-state index contributed by atoms with van der Waals surface area (Å²) in [7, 11) is 0. The van der Waals surface area contributed by atoms with Gasteiger partial charge in [-0.15, -0.1) is 0 Å². The molecule has 0 saturated heterocycles. The molecule has 0 saturated carbocycles. The Morgan fingerprint density at radius 3 is 1.52 bits per heavy atom. The minimum absolute atomic E-state index is 1.11. The van der Waals surface area contributed by atoms with Crippen LogP contribution in [0.5, 0.6) is 0 Å². The van der Waals surface area contributed by atoms with Crippen molar-refractivity contribution in [1.82, 2.24) is 4.57 Å². The maximum Gasteiger partial charge on any atom is 0.0562 e. The van der Waals surface area contributed by atoms with Crippen LogP contribution in [-0.4, -0.2) is 4.57 Å². The molecule has 0 radical (unpaired) electrons. The molecule has 1 aromatic heterocycles. The lowest BCUT2D eigenvalue weighted by Crippen LogP contribution is -2.13. The standard InChI is InChI=1S/C58H40N2/c1-3-21-42(22-4-1)46-26-9-10-29-49(46)50-30-13-17-34-54(50)60-55-35-18-14-31-51(55)58-56(36-19-37-57(58)60)59(52-32-15-11-27-47(52)43-23-5-2-6-24-43)53-33-16-12-28-48(53)45-39-38-41-20-7-8-25-44(41)40-45/h1-40H. The van der Waals surface area contributed by atoms with Crippen molar-refractivity contribution in [2.75, 3.05) is 4.90 Å². The number of hydrogen-bond donors (Lipinski definition) is 0. The molecule has 10 aromatic carbocycles. The van der Waals surface area contributed by atoms with Crippen molar-refractivity contribution in [1.29, 1.82) is 0 Å². The van der Waals surface area contributed by atoms with Gasteiger partial charge in [0.15, 0.2) is 0 Å². The molecule has 0 aliphatic carbocycles. The first-order valence-electron chi connectivity index (χ1n) is 20.6. The van der Waals surface area contributed by atoms with Gasteiger partial charge >= 0.3 is 0 Å². The van der Waals surface area contributed by atoms with Crippen molar-refractivity contribution in [3.63, 3.8) is 0 Å². The lowest BCUT2D eigenvalue weighted by atomic mass is 9.93. The Morgan fingerprint density at radius 1 is 0.283 bits per heavy atom. The second kappa shape index (κ2) is 15.1. The number of benzene rings is 10. The zero-order chi connectivity index (χ0) is 39.8. The largest absolute Gasteiger partial charge is 0.309 e. The van der Waals surface area contributed by atoms with Gasteiger partial charge in [0.25, 0.3) is 0 Å². The maximum absolute atomic E-state index is 2.50. The Balaban J connectivity index is 1.20. The molecule has 0 aliphatic heterocycles. The molecule has 0 atom stereocenters. The Labute approximate surface area is 350 Å². The summed E-state index contributed by atoms with van der Waals surface area (Å²) in [6.07, 6.45) is 0. The van der Waals surface area contributed by atoms with Gasteiger partial charge in [-0.25, -0.2) is 0 Å². The van der Waals surface area contributed by atoms with Crippen LogP contribution in [0.15, 0.2) is 243 Å². The van der Waals surface area contributed by atoms with E-state index in [1.165, 1.54) is 54.9 Å². The number of rotatable bonds is 8. The van der Waals surface area contributed by atoms with Crippen LogP contribution in [0, 0.1) is 0 Å². The van der Waals surface area contributed by atoms with Crippen molar-refractivity contribution in [2.24, 2.45) is 0 Å². The third kappa shape index (κ3) is 6.06. The molecule has 0 unspecified atom stereocenters. The Bertz CT molecular complexity index is 3320. The SMILES string of the molecule is c1ccc(-c2ccccc2-c2ccccc2-n2c3ccccc3c3c(N(c4ccccc4-c4ccccc4)c4ccccc4-c4ccc5ccccc5c4)cccc32)cc1. The fourth-order valence-electron chi connectivity index (χ4n) is 9.12. The summed E-state index contributed by atoms with van der Waals surface area (Å²) < 4.78 is 2.47. The number of para-hydroxylation sites is 4. The predicted octanol–water partition coefficient (Wildman–Crippen LogP) is 16.1. The molecule has 11 rings (SSSR count). The van der Waals surface area contributed by atoms with Gasteiger partial charge in [-0.2, -0.15) is 0 Å². The van der Waals surface area contributed by atoms with Gasteiger partial charge in [0, 0.05) is 27.5 Å². The third-order valence-electron chi connectivity index (χ3n) is 11.8. The molecule has 2 nitrogen and oxygen atoms in total. The van der Waals surface area contributed by atoms with Gasteiger partial charge < -0.3 is 9.47 Å². The smallest absolute Gasteiger partial charge is 0.0562 e. The van der Waals surface area contributed by atoms with E-state index >= 15 is 0 Å². The molecule has 60 heavy (non-hydrogen) atoms. The van der Waals surface area contributed by atoms with E-state index in [4.69, 9.17) is 0 Å². The van der Waals surface area contributed by atoms with Crippen LogP contribution < -0.4 is 4.90 Å². The molecule has 1 heterocycles. The highest BCUT2D eigenvalue weighted by Crippen LogP contribution is 2.49. The summed E-state index contributed by atoms with van der Waals surface area (Å²) in [6, 6.07) is 88.0. The molecule has 0 fully saturated rings. The van der Waals surface area contributed by atoms with Gasteiger partial charge in [0.05, 0.1) is 33.8 Å². The monoisotopic (exact) mass is 764 g/mol. The topological polar surface area (TPSA) is 8.17 Å². The van der Waals surface area contributed by atoms with Crippen molar-refractivity contribution >= 4 is 49.6 Å². The van der Waals surface area contributed by atoms with Gasteiger partial charge in [0.1, 0.15) is 0 Å². The van der Waals surface area contributed by atoms with Crippen molar-refractivity contribution in [3.05, 3.63) is 243 Å². The fourth-order valence-corrected chi connectivity index (χ4v) is 9.12. The summed E-state index contributed by atoms with van der Waals surface area (Å²) >= 11 is 0. The van der Waals surface area contributed by atoms with E-state index < -0.39 is 0 Å². The van der Waals surface area contributed by atoms with Crippen molar-refractivity contribution in [2.45, 2.75) is 0 Å². The molecule has 2 heteroatoms. The van der Waals surface area contributed by atoms with Gasteiger partial charge in [-0.3, -0.25) is 0 Å². The van der Waals surface area contributed by atoms with Crippen LogP contribution in [0.3, 0.4) is 0 Å². The average Bonchev–Trinajstić information content (AvgIpc) is 3.67. The minimum Gasteiger partial charge on any atom is -0.309 e.